The highest BCUT2D eigenvalue weighted by Gasteiger charge is 2.16. The highest BCUT2D eigenvalue weighted by atomic mass is 16.3. The SMILES string of the molecule is CCCn1c(=O)n(CC(=O)NC(C)Cc2ccco2)c2ccccc21. The van der Waals surface area contributed by atoms with Crippen molar-refractivity contribution in [2.24, 2.45) is 0 Å². The Bertz CT molecular complexity index is 906. The van der Waals surface area contributed by atoms with Crippen LogP contribution in [-0.2, 0) is 24.3 Å². The standard InChI is InChI=1S/C19H23N3O3/c1-3-10-21-16-8-4-5-9-17(16)22(19(21)24)13-18(23)20-14(2)12-15-7-6-11-25-15/h4-9,11,14H,3,10,12-13H2,1-2H3,(H,20,23). The first-order chi connectivity index (χ1) is 12.1. The fourth-order valence-electron chi connectivity index (χ4n) is 3.11. The van der Waals surface area contributed by atoms with Gasteiger partial charge in [-0.05, 0) is 37.6 Å². The molecule has 2 heterocycles. The van der Waals surface area contributed by atoms with E-state index < -0.39 is 0 Å². The van der Waals surface area contributed by atoms with Crippen LogP contribution in [0.1, 0.15) is 26.0 Å². The Labute approximate surface area is 146 Å². The van der Waals surface area contributed by atoms with E-state index in [0.29, 0.717) is 13.0 Å². The second-order valence-electron chi connectivity index (χ2n) is 6.26. The van der Waals surface area contributed by atoms with Gasteiger partial charge >= 0.3 is 5.69 Å². The number of carbonyl (C=O) groups excluding carboxylic acids is 1. The maximum Gasteiger partial charge on any atom is 0.329 e. The molecule has 3 rings (SSSR count). The Balaban J connectivity index is 1.77. The zero-order valence-electron chi connectivity index (χ0n) is 14.6. The summed E-state index contributed by atoms with van der Waals surface area (Å²) in [6.45, 7) is 4.60. The summed E-state index contributed by atoms with van der Waals surface area (Å²) in [5.41, 5.74) is 1.51. The molecule has 2 aromatic heterocycles. The summed E-state index contributed by atoms with van der Waals surface area (Å²) in [5.74, 6) is 0.644. The van der Waals surface area contributed by atoms with E-state index in [1.807, 2.05) is 50.2 Å². The van der Waals surface area contributed by atoms with Crippen molar-refractivity contribution < 1.29 is 9.21 Å². The molecule has 0 aliphatic carbocycles. The number of aromatic nitrogens is 2. The minimum atomic E-state index is -0.180. The maximum absolute atomic E-state index is 12.7. The number of imidazole rings is 1. The molecule has 0 spiro atoms. The van der Waals surface area contributed by atoms with Gasteiger partial charge in [0.05, 0.1) is 17.3 Å². The molecule has 0 fully saturated rings. The van der Waals surface area contributed by atoms with Gasteiger partial charge in [-0.2, -0.15) is 0 Å². The first kappa shape index (κ1) is 17.1. The smallest absolute Gasteiger partial charge is 0.329 e. The summed E-state index contributed by atoms with van der Waals surface area (Å²) in [7, 11) is 0. The lowest BCUT2D eigenvalue weighted by molar-refractivity contribution is -0.122. The second-order valence-corrected chi connectivity index (χ2v) is 6.26. The molecule has 1 unspecified atom stereocenters. The lowest BCUT2D eigenvalue weighted by Crippen LogP contribution is -2.38. The molecule has 0 aliphatic rings. The Morgan fingerprint density at radius 1 is 1.16 bits per heavy atom. The summed E-state index contributed by atoms with van der Waals surface area (Å²) in [6, 6.07) is 11.2. The number of hydrogen-bond acceptors (Lipinski definition) is 3. The zero-order valence-corrected chi connectivity index (χ0v) is 14.6. The molecule has 1 atom stereocenters. The summed E-state index contributed by atoms with van der Waals surface area (Å²) >= 11 is 0. The van der Waals surface area contributed by atoms with E-state index in [9.17, 15) is 9.59 Å². The number of carbonyl (C=O) groups is 1. The quantitative estimate of drug-likeness (QED) is 0.718. The van der Waals surface area contributed by atoms with Gasteiger partial charge in [-0.25, -0.2) is 4.79 Å². The Morgan fingerprint density at radius 2 is 1.88 bits per heavy atom. The van der Waals surface area contributed by atoms with Gasteiger partial charge in [0, 0.05) is 19.0 Å². The Kier molecular flexibility index (Phi) is 5.07. The van der Waals surface area contributed by atoms with Crippen molar-refractivity contribution >= 4 is 16.9 Å². The van der Waals surface area contributed by atoms with Crippen LogP contribution >= 0.6 is 0 Å². The molecule has 0 bridgehead atoms. The Morgan fingerprint density at radius 3 is 2.52 bits per heavy atom. The van der Waals surface area contributed by atoms with Crippen molar-refractivity contribution in [1.29, 1.82) is 0 Å². The van der Waals surface area contributed by atoms with Crippen molar-refractivity contribution in [3.05, 3.63) is 58.9 Å². The number of rotatable bonds is 7. The van der Waals surface area contributed by atoms with Gasteiger partial charge in [-0.1, -0.05) is 19.1 Å². The number of hydrogen-bond donors (Lipinski definition) is 1. The van der Waals surface area contributed by atoms with E-state index in [2.05, 4.69) is 5.32 Å². The molecule has 1 N–H and O–H groups in total. The van der Waals surface area contributed by atoms with Crippen LogP contribution in [0.3, 0.4) is 0 Å². The first-order valence-electron chi connectivity index (χ1n) is 8.60. The number of nitrogens with one attached hydrogen (secondary N) is 1. The van der Waals surface area contributed by atoms with E-state index in [-0.39, 0.29) is 24.2 Å². The van der Waals surface area contributed by atoms with Crippen LogP contribution in [0.15, 0.2) is 51.9 Å². The van der Waals surface area contributed by atoms with Gasteiger partial charge in [0.1, 0.15) is 12.3 Å². The second kappa shape index (κ2) is 7.42. The molecular weight excluding hydrogens is 318 g/mol. The number of para-hydroxylation sites is 2. The highest BCUT2D eigenvalue weighted by Crippen LogP contribution is 2.13. The number of furan rings is 1. The fourth-order valence-corrected chi connectivity index (χ4v) is 3.11. The molecule has 1 amide bonds. The predicted molar refractivity (Wildman–Crippen MR) is 96.5 cm³/mol. The van der Waals surface area contributed by atoms with Crippen molar-refractivity contribution in [3.8, 4) is 0 Å². The topological polar surface area (TPSA) is 69.2 Å². The molecule has 6 nitrogen and oxygen atoms in total. The summed E-state index contributed by atoms with van der Waals surface area (Å²) in [6.07, 6.45) is 3.09. The fraction of sp³-hybridized carbons (Fsp3) is 0.368. The van der Waals surface area contributed by atoms with Crippen LogP contribution in [-0.4, -0.2) is 21.1 Å². The van der Waals surface area contributed by atoms with Gasteiger partial charge < -0.3 is 9.73 Å². The first-order valence-corrected chi connectivity index (χ1v) is 8.60. The number of fused-ring (bicyclic) bond motifs is 1. The van der Waals surface area contributed by atoms with Crippen molar-refractivity contribution in [3.63, 3.8) is 0 Å². The average molecular weight is 341 g/mol. The molecule has 1 aromatic carbocycles. The third-order valence-corrected chi connectivity index (χ3v) is 4.17. The number of aryl methyl sites for hydroxylation is 1. The van der Waals surface area contributed by atoms with E-state index in [1.54, 1.807) is 15.4 Å². The number of amides is 1. The summed E-state index contributed by atoms with van der Waals surface area (Å²) in [5, 5.41) is 2.93. The molecule has 0 saturated heterocycles. The monoisotopic (exact) mass is 341 g/mol. The summed E-state index contributed by atoms with van der Waals surface area (Å²) in [4.78, 5) is 25.1. The highest BCUT2D eigenvalue weighted by molar-refractivity contribution is 5.81. The third-order valence-electron chi connectivity index (χ3n) is 4.17. The Hall–Kier alpha value is -2.76. The van der Waals surface area contributed by atoms with Crippen LogP contribution in [0.4, 0.5) is 0 Å². The van der Waals surface area contributed by atoms with Crippen molar-refractivity contribution in [2.45, 2.75) is 45.8 Å². The molecule has 3 aromatic rings. The predicted octanol–water partition coefficient (Wildman–Crippen LogP) is 2.55. The molecule has 0 aliphatic heterocycles. The molecule has 6 heteroatoms. The largest absolute Gasteiger partial charge is 0.469 e. The van der Waals surface area contributed by atoms with E-state index in [1.165, 1.54) is 0 Å². The van der Waals surface area contributed by atoms with Gasteiger partial charge in [0.25, 0.3) is 0 Å². The zero-order chi connectivity index (χ0) is 17.8. The molecular formula is C19H23N3O3. The van der Waals surface area contributed by atoms with Crippen LogP contribution in [0.5, 0.6) is 0 Å². The molecule has 0 radical (unpaired) electrons. The van der Waals surface area contributed by atoms with Crippen LogP contribution in [0.25, 0.3) is 11.0 Å². The average Bonchev–Trinajstić information content (AvgIpc) is 3.17. The van der Waals surface area contributed by atoms with Gasteiger partial charge in [-0.3, -0.25) is 13.9 Å². The van der Waals surface area contributed by atoms with E-state index in [4.69, 9.17) is 4.42 Å². The van der Waals surface area contributed by atoms with Crippen molar-refractivity contribution in [2.75, 3.05) is 0 Å². The molecule has 25 heavy (non-hydrogen) atoms. The van der Waals surface area contributed by atoms with Crippen LogP contribution in [0, 0.1) is 0 Å². The van der Waals surface area contributed by atoms with E-state index in [0.717, 1.165) is 23.2 Å². The lowest BCUT2D eigenvalue weighted by Gasteiger charge is -2.13. The minimum absolute atomic E-state index is 0.0125. The normalized spacial score (nSPS) is 12.4. The molecule has 132 valence electrons. The molecule has 0 saturated carbocycles. The van der Waals surface area contributed by atoms with Gasteiger partial charge in [-0.15, -0.1) is 0 Å². The lowest BCUT2D eigenvalue weighted by atomic mass is 10.2. The van der Waals surface area contributed by atoms with Gasteiger partial charge in [0.15, 0.2) is 0 Å². The van der Waals surface area contributed by atoms with Crippen molar-refractivity contribution in [1.82, 2.24) is 14.5 Å². The van der Waals surface area contributed by atoms with Gasteiger partial charge in [0.2, 0.25) is 5.91 Å². The number of nitrogens with zero attached hydrogens (tertiary/aromatic N) is 2. The van der Waals surface area contributed by atoms with Crippen LogP contribution in [0.2, 0.25) is 0 Å². The maximum atomic E-state index is 12.7. The van der Waals surface area contributed by atoms with Crippen LogP contribution < -0.4 is 11.0 Å². The minimum Gasteiger partial charge on any atom is -0.469 e. The number of benzene rings is 1. The van der Waals surface area contributed by atoms with E-state index >= 15 is 0 Å². The summed E-state index contributed by atoms with van der Waals surface area (Å²) < 4.78 is 8.57. The third kappa shape index (κ3) is 3.68.